The highest BCUT2D eigenvalue weighted by Gasteiger charge is 2.20. The molecule has 1 aliphatic rings. The summed E-state index contributed by atoms with van der Waals surface area (Å²) in [5.74, 6) is 1.59. The molecule has 1 aliphatic heterocycles. The molecule has 4 nitrogen and oxygen atoms in total. The van der Waals surface area contributed by atoms with Gasteiger partial charge >= 0.3 is 0 Å². The summed E-state index contributed by atoms with van der Waals surface area (Å²) >= 11 is 5.06. The van der Waals surface area contributed by atoms with E-state index in [1.807, 2.05) is 18.2 Å². The topological polar surface area (TPSA) is 47.7 Å². The van der Waals surface area contributed by atoms with Crippen molar-refractivity contribution in [2.24, 2.45) is 11.7 Å². The Morgan fingerprint density at radius 3 is 2.62 bits per heavy atom. The van der Waals surface area contributed by atoms with Crippen LogP contribution in [0.4, 0.5) is 0 Å². The standard InChI is InChI=1S/C16H24N2O2S/c1-19-11-12-5-7-18(8-6-12)10-14-9-13(16(17)21)3-4-15(14)20-2/h3-4,9,12H,5-8,10-11H2,1-2H3,(H2,17,21). The number of benzene rings is 1. The van der Waals surface area contributed by atoms with Gasteiger partial charge in [0.1, 0.15) is 10.7 Å². The molecule has 1 fully saturated rings. The van der Waals surface area contributed by atoms with E-state index in [2.05, 4.69) is 4.90 Å². The molecule has 5 heteroatoms. The molecule has 1 aromatic rings. The molecule has 21 heavy (non-hydrogen) atoms. The lowest BCUT2D eigenvalue weighted by molar-refractivity contribution is 0.0965. The van der Waals surface area contributed by atoms with Crippen LogP contribution in [0.15, 0.2) is 18.2 Å². The van der Waals surface area contributed by atoms with Gasteiger partial charge in [0.05, 0.1) is 7.11 Å². The van der Waals surface area contributed by atoms with Crippen molar-refractivity contribution in [1.29, 1.82) is 0 Å². The summed E-state index contributed by atoms with van der Waals surface area (Å²) in [5, 5.41) is 0. The lowest BCUT2D eigenvalue weighted by atomic mass is 9.97. The number of hydrogen-bond donors (Lipinski definition) is 1. The average Bonchev–Trinajstić information content (AvgIpc) is 2.49. The maximum Gasteiger partial charge on any atom is 0.123 e. The van der Waals surface area contributed by atoms with Crippen LogP contribution in [0.5, 0.6) is 5.75 Å². The van der Waals surface area contributed by atoms with Gasteiger partial charge in [-0.3, -0.25) is 4.90 Å². The van der Waals surface area contributed by atoms with Crippen LogP contribution in [0.3, 0.4) is 0 Å². The molecule has 1 saturated heterocycles. The number of thiocarbonyl (C=S) groups is 1. The fourth-order valence-electron chi connectivity index (χ4n) is 2.84. The number of likely N-dealkylation sites (tertiary alicyclic amines) is 1. The molecule has 0 aromatic heterocycles. The Morgan fingerprint density at radius 2 is 2.05 bits per heavy atom. The molecule has 0 aliphatic carbocycles. The summed E-state index contributed by atoms with van der Waals surface area (Å²) in [6.07, 6.45) is 2.37. The molecule has 116 valence electrons. The normalized spacial score (nSPS) is 16.9. The molecule has 1 heterocycles. The summed E-state index contributed by atoms with van der Waals surface area (Å²) in [6, 6.07) is 5.90. The van der Waals surface area contributed by atoms with Crippen molar-refractivity contribution in [3.8, 4) is 5.75 Å². The molecule has 0 saturated carbocycles. The minimum Gasteiger partial charge on any atom is -0.496 e. The van der Waals surface area contributed by atoms with Gasteiger partial charge in [-0.25, -0.2) is 0 Å². The Labute approximate surface area is 132 Å². The smallest absolute Gasteiger partial charge is 0.123 e. The van der Waals surface area contributed by atoms with Crippen LogP contribution in [-0.4, -0.2) is 43.8 Å². The number of nitrogens with two attached hydrogens (primary N) is 1. The molecule has 2 N–H and O–H groups in total. The molecule has 0 amide bonds. The number of methoxy groups -OCH3 is 2. The predicted octanol–water partition coefficient (Wildman–Crippen LogP) is 2.19. The third kappa shape index (κ3) is 4.40. The highest BCUT2D eigenvalue weighted by Crippen LogP contribution is 2.25. The fourth-order valence-corrected chi connectivity index (χ4v) is 2.97. The Morgan fingerprint density at radius 1 is 1.33 bits per heavy atom. The molecular weight excluding hydrogens is 284 g/mol. The molecule has 0 radical (unpaired) electrons. The maximum atomic E-state index is 5.72. The van der Waals surface area contributed by atoms with Gasteiger partial charge in [0.2, 0.25) is 0 Å². The lowest BCUT2D eigenvalue weighted by Gasteiger charge is -2.32. The Balaban J connectivity index is 2.02. The van der Waals surface area contributed by atoms with E-state index in [0.717, 1.165) is 43.1 Å². The summed E-state index contributed by atoms with van der Waals surface area (Å²) < 4.78 is 10.7. The Kier molecular flexibility index (Phi) is 5.96. The van der Waals surface area contributed by atoms with E-state index >= 15 is 0 Å². The average molecular weight is 308 g/mol. The molecule has 2 rings (SSSR count). The van der Waals surface area contributed by atoms with Crippen molar-refractivity contribution in [3.05, 3.63) is 29.3 Å². The van der Waals surface area contributed by atoms with Crippen LogP contribution in [0, 0.1) is 5.92 Å². The van der Waals surface area contributed by atoms with Crippen LogP contribution in [0.25, 0.3) is 0 Å². The first kappa shape index (κ1) is 16.2. The minimum atomic E-state index is 0.428. The van der Waals surface area contributed by atoms with Gasteiger partial charge in [-0.2, -0.15) is 0 Å². The van der Waals surface area contributed by atoms with E-state index in [4.69, 9.17) is 27.4 Å². The third-order valence-corrected chi connectivity index (χ3v) is 4.30. The number of rotatable bonds is 6. The zero-order valence-corrected chi connectivity index (χ0v) is 13.6. The second-order valence-corrected chi connectivity index (χ2v) is 6.01. The second kappa shape index (κ2) is 7.73. The zero-order valence-electron chi connectivity index (χ0n) is 12.8. The van der Waals surface area contributed by atoms with Gasteiger partial charge in [0.15, 0.2) is 0 Å². The zero-order chi connectivity index (χ0) is 15.2. The van der Waals surface area contributed by atoms with Crippen LogP contribution in [-0.2, 0) is 11.3 Å². The predicted molar refractivity (Wildman–Crippen MR) is 88.8 cm³/mol. The van der Waals surface area contributed by atoms with Crippen molar-refractivity contribution < 1.29 is 9.47 Å². The number of nitrogens with zero attached hydrogens (tertiary/aromatic N) is 1. The first-order valence-corrected chi connectivity index (χ1v) is 7.73. The highest BCUT2D eigenvalue weighted by molar-refractivity contribution is 7.80. The summed E-state index contributed by atoms with van der Waals surface area (Å²) in [7, 11) is 3.47. The van der Waals surface area contributed by atoms with Crippen LogP contribution >= 0.6 is 12.2 Å². The maximum absolute atomic E-state index is 5.72. The van der Waals surface area contributed by atoms with Crippen molar-refractivity contribution in [1.82, 2.24) is 4.90 Å². The summed E-state index contributed by atoms with van der Waals surface area (Å²) in [5.41, 5.74) is 7.77. The number of piperidine rings is 1. The van der Waals surface area contributed by atoms with Gasteiger partial charge in [-0.15, -0.1) is 0 Å². The summed E-state index contributed by atoms with van der Waals surface area (Å²) in [6.45, 7) is 3.93. The van der Waals surface area contributed by atoms with Crippen molar-refractivity contribution in [3.63, 3.8) is 0 Å². The highest BCUT2D eigenvalue weighted by atomic mass is 32.1. The molecule has 0 atom stereocenters. The monoisotopic (exact) mass is 308 g/mol. The third-order valence-electron chi connectivity index (χ3n) is 4.07. The number of hydrogen-bond acceptors (Lipinski definition) is 4. The first-order valence-electron chi connectivity index (χ1n) is 7.32. The van der Waals surface area contributed by atoms with Gasteiger partial charge < -0.3 is 15.2 Å². The first-order chi connectivity index (χ1) is 10.1. The minimum absolute atomic E-state index is 0.428. The molecular formula is C16H24N2O2S. The molecule has 0 unspecified atom stereocenters. The molecule has 0 bridgehead atoms. The van der Waals surface area contributed by atoms with Crippen molar-refractivity contribution in [2.75, 3.05) is 33.9 Å². The lowest BCUT2D eigenvalue weighted by Crippen LogP contribution is -2.34. The van der Waals surface area contributed by atoms with E-state index in [1.54, 1.807) is 14.2 Å². The Bertz CT molecular complexity index is 485. The summed E-state index contributed by atoms with van der Waals surface area (Å²) in [4.78, 5) is 2.88. The van der Waals surface area contributed by atoms with Crippen molar-refractivity contribution in [2.45, 2.75) is 19.4 Å². The molecule has 0 spiro atoms. The van der Waals surface area contributed by atoms with Crippen LogP contribution < -0.4 is 10.5 Å². The molecule has 1 aromatic carbocycles. The second-order valence-electron chi connectivity index (χ2n) is 5.57. The largest absolute Gasteiger partial charge is 0.496 e. The SMILES string of the molecule is COCC1CCN(Cc2cc(C(N)=S)ccc2OC)CC1. The van der Waals surface area contributed by atoms with E-state index in [-0.39, 0.29) is 0 Å². The quantitative estimate of drug-likeness (QED) is 0.816. The Hall–Kier alpha value is -1.17. The van der Waals surface area contributed by atoms with E-state index < -0.39 is 0 Å². The van der Waals surface area contributed by atoms with Gasteiger partial charge in [-0.05, 0) is 50.0 Å². The van der Waals surface area contributed by atoms with E-state index in [0.29, 0.717) is 10.9 Å². The van der Waals surface area contributed by atoms with E-state index in [1.165, 1.54) is 12.8 Å². The van der Waals surface area contributed by atoms with Gasteiger partial charge in [0, 0.05) is 31.4 Å². The van der Waals surface area contributed by atoms with E-state index in [9.17, 15) is 0 Å². The van der Waals surface area contributed by atoms with Gasteiger partial charge in [0.25, 0.3) is 0 Å². The van der Waals surface area contributed by atoms with Crippen LogP contribution in [0.2, 0.25) is 0 Å². The fraction of sp³-hybridized carbons (Fsp3) is 0.562. The number of ether oxygens (including phenoxy) is 2. The van der Waals surface area contributed by atoms with Crippen LogP contribution in [0.1, 0.15) is 24.0 Å². The van der Waals surface area contributed by atoms with Crippen molar-refractivity contribution >= 4 is 17.2 Å². The van der Waals surface area contributed by atoms with Gasteiger partial charge in [-0.1, -0.05) is 12.2 Å².